The molecule has 0 aliphatic heterocycles. The molecule has 2 aromatic heterocycles. The lowest BCUT2D eigenvalue weighted by atomic mass is 10.1. The van der Waals surface area contributed by atoms with E-state index in [-0.39, 0.29) is 12.5 Å². The lowest BCUT2D eigenvalue weighted by molar-refractivity contribution is 0.0920. The van der Waals surface area contributed by atoms with E-state index in [1.165, 1.54) is 11.3 Å². The molecule has 0 saturated carbocycles. The third-order valence-corrected chi connectivity index (χ3v) is 4.42. The van der Waals surface area contributed by atoms with Gasteiger partial charge in [0.25, 0.3) is 5.91 Å². The number of aromatic nitrogens is 3. The van der Waals surface area contributed by atoms with Crippen molar-refractivity contribution in [3.05, 3.63) is 59.4 Å². The van der Waals surface area contributed by atoms with Crippen LogP contribution in [0.5, 0.6) is 0 Å². The Hall–Kier alpha value is -2.51. The maximum atomic E-state index is 12.4. The molecule has 0 radical (unpaired) electrons. The number of rotatable bonds is 5. The third kappa shape index (κ3) is 3.46. The van der Waals surface area contributed by atoms with Gasteiger partial charge in [-0.1, -0.05) is 30.3 Å². The fraction of sp³-hybridized carbons (Fsp3) is 0.188. The zero-order valence-corrected chi connectivity index (χ0v) is 13.3. The number of carbonyl (C=O) groups excluding carboxylic acids is 1. The average molecular weight is 328 g/mol. The fourth-order valence-corrected chi connectivity index (χ4v) is 2.99. The zero-order valence-electron chi connectivity index (χ0n) is 12.5. The maximum Gasteiger partial charge on any atom is 0.263 e. The van der Waals surface area contributed by atoms with Crippen LogP contribution in [0.15, 0.2) is 48.9 Å². The standard InChI is InChI=1S/C16H16N4O2S/c1-20-9-12(7-18-20)16-17-8-14(23-16)15(22)19-13(10-21)11-5-3-2-4-6-11/h2-9,13,21H,10H2,1H3,(H,19,22). The van der Waals surface area contributed by atoms with Crippen LogP contribution in [0.1, 0.15) is 21.3 Å². The molecule has 1 aromatic carbocycles. The van der Waals surface area contributed by atoms with Crippen LogP contribution in [0.2, 0.25) is 0 Å². The van der Waals surface area contributed by atoms with E-state index in [9.17, 15) is 9.90 Å². The first kappa shape index (κ1) is 15.4. The molecular formula is C16H16N4O2S. The summed E-state index contributed by atoms with van der Waals surface area (Å²) in [6, 6.07) is 8.94. The van der Waals surface area contributed by atoms with Crippen molar-refractivity contribution in [2.45, 2.75) is 6.04 Å². The summed E-state index contributed by atoms with van der Waals surface area (Å²) in [6.07, 6.45) is 5.10. The molecule has 1 unspecified atom stereocenters. The van der Waals surface area contributed by atoms with Gasteiger partial charge < -0.3 is 10.4 Å². The van der Waals surface area contributed by atoms with Gasteiger partial charge in [-0.25, -0.2) is 4.98 Å². The number of aliphatic hydroxyl groups is 1. The van der Waals surface area contributed by atoms with Gasteiger partial charge in [0, 0.05) is 18.8 Å². The van der Waals surface area contributed by atoms with Gasteiger partial charge in [0.05, 0.1) is 25.0 Å². The summed E-state index contributed by atoms with van der Waals surface area (Å²) in [4.78, 5) is 17.1. The number of aliphatic hydroxyl groups excluding tert-OH is 1. The van der Waals surface area contributed by atoms with Gasteiger partial charge in [-0.3, -0.25) is 9.48 Å². The number of nitrogens with zero attached hydrogens (tertiary/aromatic N) is 3. The summed E-state index contributed by atoms with van der Waals surface area (Å²) in [5.41, 5.74) is 1.73. The second-order valence-corrected chi connectivity index (χ2v) is 6.08. The van der Waals surface area contributed by atoms with Gasteiger partial charge in [-0.05, 0) is 5.56 Å². The highest BCUT2D eigenvalue weighted by Crippen LogP contribution is 2.25. The van der Waals surface area contributed by atoms with E-state index in [1.807, 2.05) is 43.6 Å². The highest BCUT2D eigenvalue weighted by molar-refractivity contribution is 7.16. The van der Waals surface area contributed by atoms with Gasteiger partial charge in [0.15, 0.2) is 0 Å². The molecule has 3 aromatic rings. The van der Waals surface area contributed by atoms with Crippen LogP contribution in [-0.2, 0) is 7.05 Å². The van der Waals surface area contributed by atoms with Gasteiger partial charge in [-0.2, -0.15) is 5.10 Å². The van der Waals surface area contributed by atoms with Crippen molar-refractivity contribution in [3.8, 4) is 10.6 Å². The number of hydrogen-bond acceptors (Lipinski definition) is 5. The molecule has 0 aliphatic carbocycles. The van der Waals surface area contributed by atoms with E-state index in [1.54, 1.807) is 17.1 Å². The Labute approximate surface area is 137 Å². The number of nitrogens with one attached hydrogen (secondary N) is 1. The third-order valence-electron chi connectivity index (χ3n) is 3.37. The van der Waals surface area contributed by atoms with E-state index >= 15 is 0 Å². The van der Waals surface area contributed by atoms with Crippen LogP contribution in [0, 0.1) is 0 Å². The number of thiazole rings is 1. The normalized spacial score (nSPS) is 12.1. The second kappa shape index (κ2) is 6.72. The summed E-state index contributed by atoms with van der Waals surface area (Å²) >= 11 is 1.30. The maximum absolute atomic E-state index is 12.4. The van der Waals surface area contributed by atoms with Crippen molar-refractivity contribution in [1.29, 1.82) is 0 Å². The molecule has 0 aliphatic rings. The minimum atomic E-state index is -0.437. The molecule has 0 saturated heterocycles. The lowest BCUT2D eigenvalue weighted by Crippen LogP contribution is -2.30. The van der Waals surface area contributed by atoms with E-state index in [4.69, 9.17) is 0 Å². The second-order valence-electron chi connectivity index (χ2n) is 5.05. The molecule has 1 amide bonds. The summed E-state index contributed by atoms with van der Waals surface area (Å²) in [6.45, 7) is -0.163. The molecule has 7 heteroatoms. The van der Waals surface area contributed by atoms with Gasteiger partial charge in [-0.15, -0.1) is 11.3 Å². The molecule has 0 fully saturated rings. The molecule has 118 valence electrons. The Morgan fingerprint density at radius 2 is 2.13 bits per heavy atom. The summed E-state index contributed by atoms with van der Waals surface area (Å²) in [7, 11) is 1.83. The minimum absolute atomic E-state index is 0.163. The molecule has 6 nitrogen and oxygen atoms in total. The van der Waals surface area contributed by atoms with Crippen molar-refractivity contribution in [3.63, 3.8) is 0 Å². The van der Waals surface area contributed by atoms with Crippen LogP contribution >= 0.6 is 11.3 Å². The minimum Gasteiger partial charge on any atom is -0.394 e. The first-order chi connectivity index (χ1) is 11.2. The van der Waals surface area contributed by atoms with E-state index in [2.05, 4.69) is 15.4 Å². The summed E-state index contributed by atoms with van der Waals surface area (Å²) < 4.78 is 1.69. The Balaban J connectivity index is 1.74. The quantitative estimate of drug-likeness (QED) is 0.751. The van der Waals surface area contributed by atoms with Crippen molar-refractivity contribution in [1.82, 2.24) is 20.1 Å². The molecule has 3 rings (SSSR count). The van der Waals surface area contributed by atoms with Crippen LogP contribution in [0.3, 0.4) is 0 Å². The molecule has 23 heavy (non-hydrogen) atoms. The highest BCUT2D eigenvalue weighted by Gasteiger charge is 2.17. The Morgan fingerprint density at radius 1 is 1.35 bits per heavy atom. The number of amides is 1. The van der Waals surface area contributed by atoms with E-state index < -0.39 is 6.04 Å². The highest BCUT2D eigenvalue weighted by atomic mass is 32.1. The van der Waals surface area contributed by atoms with Crippen LogP contribution in [0.4, 0.5) is 0 Å². The van der Waals surface area contributed by atoms with Crippen LogP contribution in [0.25, 0.3) is 10.6 Å². The number of carbonyl (C=O) groups is 1. The topological polar surface area (TPSA) is 80.0 Å². The van der Waals surface area contributed by atoms with Crippen molar-refractivity contribution in [2.24, 2.45) is 7.05 Å². The SMILES string of the molecule is Cn1cc(-c2ncc(C(=O)NC(CO)c3ccccc3)s2)cn1. The number of aryl methyl sites for hydroxylation is 1. The monoisotopic (exact) mass is 328 g/mol. The summed E-state index contributed by atoms with van der Waals surface area (Å²) in [5, 5.41) is 17.2. The van der Waals surface area contributed by atoms with E-state index in [0.29, 0.717) is 4.88 Å². The van der Waals surface area contributed by atoms with Crippen molar-refractivity contribution >= 4 is 17.2 Å². The molecule has 0 spiro atoms. The predicted molar refractivity (Wildman–Crippen MR) is 88.1 cm³/mol. The van der Waals surface area contributed by atoms with Gasteiger partial charge >= 0.3 is 0 Å². The summed E-state index contributed by atoms with van der Waals surface area (Å²) in [5.74, 6) is -0.249. The first-order valence-electron chi connectivity index (χ1n) is 7.09. The van der Waals surface area contributed by atoms with Crippen LogP contribution in [-0.4, -0.2) is 32.4 Å². The number of benzene rings is 1. The van der Waals surface area contributed by atoms with Gasteiger partial charge in [0.2, 0.25) is 0 Å². The smallest absolute Gasteiger partial charge is 0.263 e. The Kier molecular flexibility index (Phi) is 4.50. The predicted octanol–water partition coefficient (Wildman–Crippen LogP) is 2.01. The largest absolute Gasteiger partial charge is 0.394 e. The number of hydrogen-bond donors (Lipinski definition) is 2. The van der Waals surface area contributed by atoms with Crippen molar-refractivity contribution < 1.29 is 9.90 Å². The molecule has 2 N–H and O–H groups in total. The van der Waals surface area contributed by atoms with Gasteiger partial charge in [0.1, 0.15) is 9.88 Å². The lowest BCUT2D eigenvalue weighted by Gasteiger charge is -2.15. The molecular weight excluding hydrogens is 312 g/mol. The molecule has 0 bridgehead atoms. The Bertz CT molecular complexity index is 797. The molecule has 1 atom stereocenters. The van der Waals surface area contributed by atoms with Crippen LogP contribution < -0.4 is 5.32 Å². The Morgan fingerprint density at radius 3 is 2.78 bits per heavy atom. The zero-order chi connectivity index (χ0) is 16.2. The first-order valence-corrected chi connectivity index (χ1v) is 7.90. The van der Waals surface area contributed by atoms with E-state index in [0.717, 1.165) is 16.1 Å². The average Bonchev–Trinajstić information content (AvgIpc) is 3.22. The molecule has 2 heterocycles. The van der Waals surface area contributed by atoms with Crippen molar-refractivity contribution in [2.75, 3.05) is 6.61 Å². The fourth-order valence-electron chi connectivity index (χ4n) is 2.19.